The maximum atomic E-state index is 13.5. The molecule has 1 aromatic heterocycles. The van der Waals surface area contributed by atoms with E-state index in [1.54, 1.807) is 11.0 Å². The molecule has 2 aromatic carbocycles. The third-order valence-electron chi connectivity index (χ3n) is 6.42. The molecule has 6 rings (SSSR count). The van der Waals surface area contributed by atoms with Gasteiger partial charge in [-0.2, -0.15) is 0 Å². The summed E-state index contributed by atoms with van der Waals surface area (Å²) < 4.78 is 11.0. The number of rotatable bonds is 3. The van der Waals surface area contributed by atoms with Crippen molar-refractivity contribution in [1.29, 1.82) is 0 Å². The molecule has 3 aromatic rings. The minimum atomic E-state index is -0.987. The summed E-state index contributed by atoms with van der Waals surface area (Å²) in [5.41, 5.74) is 8.91. The molecular formula is C23H20N4O5. The maximum absolute atomic E-state index is 13.5. The number of aromatic amines is 1. The van der Waals surface area contributed by atoms with E-state index in [1.165, 1.54) is 0 Å². The summed E-state index contributed by atoms with van der Waals surface area (Å²) in [4.78, 5) is 43.2. The summed E-state index contributed by atoms with van der Waals surface area (Å²) in [6.45, 7) is 0.134. The van der Waals surface area contributed by atoms with Crippen LogP contribution in [0.2, 0.25) is 0 Å². The van der Waals surface area contributed by atoms with Gasteiger partial charge in [-0.15, -0.1) is 0 Å². The highest BCUT2D eigenvalue weighted by molar-refractivity contribution is 6.01. The van der Waals surface area contributed by atoms with Crippen molar-refractivity contribution >= 4 is 28.6 Å². The number of carbonyl (C=O) groups excluding carboxylic acids is 3. The molecule has 162 valence electrons. The highest BCUT2D eigenvalue weighted by atomic mass is 16.7. The molecule has 1 fully saturated rings. The van der Waals surface area contributed by atoms with Gasteiger partial charge in [0.2, 0.25) is 24.5 Å². The Morgan fingerprint density at radius 3 is 2.78 bits per heavy atom. The Morgan fingerprint density at radius 1 is 1.12 bits per heavy atom. The predicted molar refractivity (Wildman–Crippen MR) is 113 cm³/mol. The summed E-state index contributed by atoms with van der Waals surface area (Å²) in [5, 5.41) is 3.72. The number of benzene rings is 2. The second-order valence-corrected chi connectivity index (χ2v) is 8.28. The van der Waals surface area contributed by atoms with Gasteiger partial charge in [0.15, 0.2) is 11.5 Å². The molecule has 0 bridgehead atoms. The molecule has 3 aliphatic rings. The van der Waals surface area contributed by atoms with Gasteiger partial charge in [0.25, 0.3) is 0 Å². The smallest absolute Gasteiger partial charge is 0.247 e. The van der Waals surface area contributed by atoms with E-state index in [4.69, 9.17) is 15.2 Å². The Bertz CT molecular complexity index is 1300. The molecule has 0 spiro atoms. The fourth-order valence-corrected chi connectivity index (χ4v) is 5.04. The number of para-hydroxylation sites is 1. The van der Waals surface area contributed by atoms with E-state index in [0.717, 1.165) is 27.7 Å². The van der Waals surface area contributed by atoms with Gasteiger partial charge in [-0.1, -0.05) is 24.3 Å². The van der Waals surface area contributed by atoms with Gasteiger partial charge < -0.3 is 30.4 Å². The number of amides is 3. The first kappa shape index (κ1) is 18.7. The Hall–Kier alpha value is -4.01. The number of fused-ring (bicyclic) bond motifs is 5. The number of nitrogens with one attached hydrogen (secondary N) is 2. The van der Waals surface area contributed by atoms with Gasteiger partial charge in [0.1, 0.15) is 12.1 Å². The Balaban J connectivity index is 1.55. The van der Waals surface area contributed by atoms with Crippen LogP contribution in [0, 0.1) is 0 Å². The molecular weight excluding hydrogens is 412 g/mol. The third kappa shape index (κ3) is 2.67. The minimum Gasteiger partial charge on any atom is -0.454 e. The van der Waals surface area contributed by atoms with Gasteiger partial charge in [-0.3, -0.25) is 14.4 Å². The van der Waals surface area contributed by atoms with E-state index in [-0.39, 0.29) is 25.0 Å². The van der Waals surface area contributed by atoms with Gasteiger partial charge in [-0.25, -0.2) is 0 Å². The van der Waals surface area contributed by atoms with E-state index in [0.29, 0.717) is 17.9 Å². The van der Waals surface area contributed by atoms with Crippen LogP contribution in [0.15, 0.2) is 42.5 Å². The number of ether oxygens (including phenoxy) is 2. The first-order valence-corrected chi connectivity index (χ1v) is 10.4. The first-order valence-electron chi connectivity index (χ1n) is 10.4. The zero-order valence-corrected chi connectivity index (χ0v) is 17.0. The van der Waals surface area contributed by atoms with Crippen LogP contribution in [-0.4, -0.2) is 46.5 Å². The first-order chi connectivity index (χ1) is 15.5. The second kappa shape index (κ2) is 6.74. The average molecular weight is 432 g/mol. The van der Waals surface area contributed by atoms with Crippen LogP contribution in [-0.2, 0) is 20.8 Å². The number of carbonyl (C=O) groups is 3. The maximum Gasteiger partial charge on any atom is 0.247 e. The van der Waals surface area contributed by atoms with E-state index < -0.39 is 24.0 Å². The highest BCUT2D eigenvalue weighted by Gasteiger charge is 2.49. The van der Waals surface area contributed by atoms with Crippen LogP contribution >= 0.6 is 0 Å². The molecule has 0 aliphatic carbocycles. The van der Waals surface area contributed by atoms with Crippen molar-refractivity contribution in [1.82, 2.24) is 15.2 Å². The molecule has 1 saturated heterocycles. The Labute approximate surface area is 182 Å². The molecule has 0 unspecified atom stereocenters. The molecule has 3 aliphatic heterocycles. The highest BCUT2D eigenvalue weighted by Crippen LogP contribution is 2.44. The molecule has 9 heteroatoms. The summed E-state index contributed by atoms with van der Waals surface area (Å²) in [7, 11) is 0. The second-order valence-electron chi connectivity index (χ2n) is 8.28. The minimum absolute atomic E-state index is 0.134. The number of aromatic nitrogens is 1. The molecule has 4 N–H and O–H groups in total. The molecule has 0 saturated carbocycles. The Morgan fingerprint density at radius 2 is 1.94 bits per heavy atom. The van der Waals surface area contributed by atoms with Crippen molar-refractivity contribution in [3.63, 3.8) is 0 Å². The largest absolute Gasteiger partial charge is 0.454 e. The lowest BCUT2D eigenvalue weighted by atomic mass is 9.85. The number of H-pyrrole nitrogens is 1. The number of primary amides is 1. The lowest BCUT2D eigenvalue weighted by Gasteiger charge is -2.46. The lowest BCUT2D eigenvalue weighted by Crippen LogP contribution is -2.66. The zero-order chi connectivity index (χ0) is 22.0. The molecule has 9 nitrogen and oxygen atoms in total. The van der Waals surface area contributed by atoms with Gasteiger partial charge >= 0.3 is 0 Å². The summed E-state index contributed by atoms with van der Waals surface area (Å²) in [6, 6.07) is 11.1. The predicted octanol–water partition coefficient (Wildman–Crippen LogP) is 1.11. The fraction of sp³-hybridized carbons (Fsp3) is 0.261. The summed E-state index contributed by atoms with van der Waals surface area (Å²) in [5.74, 6) is -0.0554. The van der Waals surface area contributed by atoms with E-state index >= 15 is 0 Å². The standard InChI is InChI=1S/C23H20N4O5/c24-19(28)9-15-23(30)27-16(22(29)26-15)8-13-12-3-1-2-4-14(12)25-20(13)21(27)11-5-6-17-18(7-11)32-10-31-17/h1-7,15-16,21,25H,8-10H2,(H2,24,28)(H,26,29)/t15-,16+,21+/m0/s1. The van der Waals surface area contributed by atoms with Gasteiger partial charge in [0, 0.05) is 23.0 Å². The number of nitrogens with zero attached hydrogens (tertiary/aromatic N) is 1. The molecule has 3 amide bonds. The van der Waals surface area contributed by atoms with Crippen LogP contribution in [0.3, 0.4) is 0 Å². The number of piperazine rings is 1. The van der Waals surface area contributed by atoms with Crippen LogP contribution in [0.1, 0.15) is 29.3 Å². The van der Waals surface area contributed by atoms with E-state index in [1.807, 2.05) is 36.4 Å². The van der Waals surface area contributed by atoms with E-state index in [9.17, 15) is 14.4 Å². The lowest BCUT2D eigenvalue weighted by molar-refractivity contribution is -0.153. The molecule has 4 heterocycles. The number of hydrogen-bond donors (Lipinski definition) is 3. The van der Waals surface area contributed by atoms with Crippen LogP contribution in [0.5, 0.6) is 11.5 Å². The van der Waals surface area contributed by atoms with Gasteiger partial charge in [0.05, 0.1) is 12.5 Å². The van der Waals surface area contributed by atoms with E-state index in [2.05, 4.69) is 10.3 Å². The van der Waals surface area contributed by atoms with Crippen molar-refractivity contribution in [3.05, 3.63) is 59.3 Å². The van der Waals surface area contributed by atoms with Crippen LogP contribution in [0.25, 0.3) is 10.9 Å². The van der Waals surface area contributed by atoms with Crippen molar-refractivity contribution in [2.45, 2.75) is 31.0 Å². The average Bonchev–Trinajstić information content (AvgIpc) is 3.39. The van der Waals surface area contributed by atoms with Crippen molar-refractivity contribution in [3.8, 4) is 11.5 Å². The van der Waals surface area contributed by atoms with Crippen LogP contribution < -0.4 is 20.5 Å². The normalized spacial score (nSPS) is 23.6. The zero-order valence-electron chi connectivity index (χ0n) is 17.0. The quantitative estimate of drug-likeness (QED) is 0.572. The molecule has 32 heavy (non-hydrogen) atoms. The summed E-state index contributed by atoms with van der Waals surface area (Å²) >= 11 is 0. The topological polar surface area (TPSA) is 127 Å². The number of hydrogen-bond acceptors (Lipinski definition) is 5. The van der Waals surface area contributed by atoms with Crippen molar-refractivity contribution in [2.24, 2.45) is 5.73 Å². The Kier molecular flexibility index (Phi) is 3.95. The van der Waals surface area contributed by atoms with Crippen molar-refractivity contribution < 1.29 is 23.9 Å². The monoisotopic (exact) mass is 432 g/mol. The van der Waals surface area contributed by atoms with Crippen LogP contribution in [0.4, 0.5) is 0 Å². The molecule has 0 radical (unpaired) electrons. The van der Waals surface area contributed by atoms with Crippen molar-refractivity contribution in [2.75, 3.05) is 6.79 Å². The van der Waals surface area contributed by atoms with Gasteiger partial charge in [-0.05, 0) is 29.3 Å². The number of nitrogens with two attached hydrogens (primary N) is 1. The molecule has 3 atom stereocenters. The SMILES string of the molecule is NC(=O)C[C@@H]1NC(=O)[C@H]2Cc3c([nH]c4ccccc34)[C@@H](c3ccc4c(c3)OCO4)N2C1=O. The third-order valence-corrected chi connectivity index (χ3v) is 6.42. The summed E-state index contributed by atoms with van der Waals surface area (Å²) in [6.07, 6.45) is 0.127. The fourth-order valence-electron chi connectivity index (χ4n) is 5.04.